The summed E-state index contributed by atoms with van der Waals surface area (Å²) in [6.07, 6.45) is 0. The summed E-state index contributed by atoms with van der Waals surface area (Å²) >= 11 is 0. The lowest BCUT2D eigenvalue weighted by Crippen LogP contribution is -2.27. The first kappa shape index (κ1) is 12.6. The minimum Gasteiger partial charge on any atom is -0.494 e. The molecule has 1 N–H and O–H groups in total. The Bertz CT molecular complexity index is 348. The molecule has 1 amide bonds. The SMILES string of the molecule is CCOc1ccccc1CNC(=O)C(C)C. The molecule has 0 saturated carbocycles. The molecule has 0 aliphatic heterocycles. The van der Waals surface area contributed by atoms with Gasteiger partial charge in [0.1, 0.15) is 5.75 Å². The van der Waals surface area contributed by atoms with Crippen LogP contribution in [-0.4, -0.2) is 12.5 Å². The lowest BCUT2D eigenvalue weighted by Gasteiger charge is -2.11. The van der Waals surface area contributed by atoms with E-state index in [0.717, 1.165) is 11.3 Å². The van der Waals surface area contributed by atoms with Crippen LogP contribution in [0.1, 0.15) is 26.3 Å². The molecule has 0 aromatic heterocycles. The van der Waals surface area contributed by atoms with Gasteiger partial charge in [-0.15, -0.1) is 0 Å². The van der Waals surface area contributed by atoms with Gasteiger partial charge in [0.2, 0.25) is 5.91 Å². The van der Waals surface area contributed by atoms with Gasteiger partial charge in [0.05, 0.1) is 6.61 Å². The Hall–Kier alpha value is -1.51. The van der Waals surface area contributed by atoms with Crippen LogP contribution in [0, 0.1) is 5.92 Å². The van der Waals surface area contributed by atoms with Crippen molar-refractivity contribution in [2.75, 3.05) is 6.61 Å². The first-order chi connectivity index (χ1) is 7.65. The Morgan fingerprint density at radius 1 is 1.38 bits per heavy atom. The minimum absolute atomic E-state index is 0.0132. The zero-order valence-corrected chi connectivity index (χ0v) is 10.1. The van der Waals surface area contributed by atoms with Crippen molar-refractivity contribution in [2.24, 2.45) is 5.92 Å². The van der Waals surface area contributed by atoms with Gasteiger partial charge >= 0.3 is 0 Å². The highest BCUT2D eigenvalue weighted by molar-refractivity contribution is 5.77. The molecule has 0 spiro atoms. The van der Waals surface area contributed by atoms with Gasteiger partial charge in [0, 0.05) is 18.0 Å². The zero-order chi connectivity index (χ0) is 12.0. The number of rotatable bonds is 5. The van der Waals surface area contributed by atoms with Gasteiger partial charge in [-0.05, 0) is 13.0 Å². The summed E-state index contributed by atoms with van der Waals surface area (Å²) in [5.74, 6) is 0.916. The van der Waals surface area contributed by atoms with Gasteiger partial charge in [-0.2, -0.15) is 0 Å². The minimum atomic E-state index is 0.0132. The molecule has 0 bridgehead atoms. The molecule has 0 aliphatic rings. The maximum Gasteiger partial charge on any atom is 0.222 e. The first-order valence-corrected chi connectivity index (χ1v) is 5.63. The third-order valence-electron chi connectivity index (χ3n) is 2.25. The second-order valence-electron chi connectivity index (χ2n) is 3.91. The molecule has 0 radical (unpaired) electrons. The van der Waals surface area contributed by atoms with Crippen molar-refractivity contribution in [3.63, 3.8) is 0 Å². The molecule has 1 aromatic carbocycles. The van der Waals surface area contributed by atoms with Crippen molar-refractivity contribution in [3.8, 4) is 5.75 Å². The predicted molar refractivity (Wildman–Crippen MR) is 64.3 cm³/mol. The maximum atomic E-state index is 11.4. The molecule has 3 heteroatoms. The number of hydrogen-bond donors (Lipinski definition) is 1. The summed E-state index contributed by atoms with van der Waals surface area (Å²) in [4.78, 5) is 11.4. The topological polar surface area (TPSA) is 38.3 Å². The summed E-state index contributed by atoms with van der Waals surface area (Å²) in [5.41, 5.74) is 1.01. The molecule has 0 fully saturated rings. The zero-order valence-electron chi connectivity index (χ0n) is 10.1. The fraction of sp³-hybridized carbons (Fsp3) is 0.462. The Morgan fingerprint density at radius 3 is 2.69 bits per heavy atom. The molecule has 0 atom stereocenters. The van der Waals surface area contributed by atoms with Crippen LogP contribution in [0.25, 0.3) is 0 Å². The normalized spacial score (nSPS) is 10.2. The highest BCUT2D eigenvalue weighted by atomic mass is 16.5. The van der Waals surface area contributed by atoms with Gasteiger partial charge in [0.15, 0.2) is 0 Å². The summed E-state index contributed by atoms with van der Waals surface area (Å²) in [6, 6.07) is 7.75. The molecule has 1 rings (SSSR count). The van der Waals surface area contributed by atoms with Crippen molar-refractivity contribution < 1.29 is 9.53 Å². The smallest absolute Gasteiger partial charge is 0.222 e. The molecular formula is C13H19NO2. The molecule has 1 aromatic rings. The molecular weight excluding hydrogens is 202 g/mol. The van der Waals surface area contributed by atoms with Crippen molar-refractivity contribution in [1.29, 1.82) is 0 Å². The highest BCUT2D eigenvalue weighted by Crippen LogP contribution is 2.17. The van der Waals surface area contributed by atoms with E-state index >= 15 is 0 Å². The summed E-state index contributed by atoms with van der Waals surface area (Å²) in [7, 11) is 0. The van der Waals surface area contributed by atoms with E-state index in [1.807, 2.05) is 45.0 Å². The summed E-state index contributed by atoms with van der Waals surface area (Å²) < 4.78 is 5.48. The van der Waals surface area contributed by atoms with Crippen LogP contribution in [0.4, 0.5) is 0 Å². The number of amides is 1. The van der Waals surface area contributed by atoms with Crippen LogP contribution >= 0.6 is 0 Å². The predicted octanol–water partition coefficient (Wildman–Crippen LogP) is 2.36. The Labute approximate surface area is 96.8 Å². The average Bonchev–Trinajstić information content (AvgIpc) is 2.27. The molecule has 0 heterocycles. The number of benzene rings is 1. The van der Waals surface area contributed by atoms with E-state index in [1.165, 1.54) is 0 Å². The number of nitrogens with one attached hydrogen (secondary N) is 1. The number of hydrogen-bond acceptors (Lipinski definition) is 2. The molecule has 88 valence electrons. The Morgan fingerprint density at radius 2 is 2.06 bits per heavy atom. The second kappa shape index (κ2) is 6.16. The fourth-order valence-electron chi connectivity index (χ4n) is 1.33. The van der Waals surface area contributed by atoms with E-state index in [-0.39, 0.29) is 11.8 Å². The number of ether oxygens (including phenoxy) is 1. The van der Waals surface area contributed by atoms with Crippen molar-refractivity contribution in [3.05, 3.63) is 29.8 Å². The van der Waals surface area contributed by atoms with Crippen LogP contribution in [0.5, 0.6) is 5.75 Å². The molecule has 0 aliphatic carbocycles. The van der Waals surface area contributed by atoms with Crippen molar-refractivity contribution in [1.82, 2.24) is 5.32 Å². The van der Waals surface area contributed by atoms with Gasteiger partial charge in [-0.25, -0.2) is 0 Å². The van der Waals surface area contributed by atoms with Gasteiger partial charge in [-0.1, -0.05) is 32.0 Å². The summed E-state index contributed by atoms with van der Waals surface area (Å²) in [5, 5.41) is 2.88. The molecule has 16 heavy (non-hydrogen) atoms. The molecule has 3 nitrogen and oxygen atoms in total. The van der Waals surface area contributed by atoms with Crippen LogP contribution < -0.4 is 10.1 Å². The standard InChI is InChI=1S/C13H19NO2/c1-4-16-12-8-6-5-7-11(12)9-14-13(15)10(2)3/h5-8,10H,4,9H2,1-3H3,(H,14,15). The van der Waals surface area contributed by atoms with Gasteiger partial charge in [0.25, 0.3) is 0 Å². The lowest BCUT2D eigenvalue weighted by molar-refractivity contribution is -0.124. The fourth-order valence-corrected chi connectivity index (χ4v) is 1.33. The summed E-state index contributed by atoms with van der Waals surface area (Å²) in [6.45, 7) is 6.86. The lowest BCUT2D eigenvalue weighted by atomic mass is 10.1. The van der Waals surface area contributed by atoms with Gasteiger partial charge in [-0.3, -0.25) is 4.79 Å². The van der Waals surface area contributed by atoms with Crippen molar-refractivity contribution >= 4 is 5.91 Å². The average molecular weight is 221 g/mol. The number of para-hydroxylation sites is 1. The van der Waals surface area contributed by atoms with E-state index in [2.05, 4.69) is 5.32 Å². The van der Waals surface area contributed by atoms with Crippen LogP contribution in [-0.2, 0) is 11.3 Å². The second-order valence-corrected chi connectivity index (χ2v) is 3.91. The van der Waals surface area contributed by atoms with E-state index in [4.69, 9.17) is 4.74 Å². The number of carbonyl (C=O) groups is 1. The van der Waals surface area contributed by atoms with E-state index in [9.17, 15) is 4.79 Å². The third-order valence-corrected chi connectivity index (χ3v) is 2.25. The number of carbonyl (C=O) groups excluding carboxylic acids is 1. The van der Waals surface area contributed by atoms with E-state index < -0.39 is 0 Å². The maximum absolute atomic E-state index is 11.4. The van der Waals surface area contributed by atoms with Crippen LogP contribution in [0.3, 0.4) is 0 Å². The third kappa shape index (κ3) is 3.57. The van der Waals surface area contributed by atoms with Crippen LogP contribution in [0.2, 0.25) is 0 Å². The quantitative estimate of drug-likeness (QED) is 0.829. The first-order valence-electron chi connectivity index (χ1n) is 5.63. The monoisotopic (exact) mass is 221 g/mol. The molecule has 0 saturated heterocycles. The Kier molecular flexibility index (Phi) is 4.83. The van der Waals surface area contributed by atoms with Gasteiger partial charge < -0.3 is 10.1 Å². The highest BCUT2D eigenvalue weighted by Gasteiger charge is 2.08. The van der Waals surface area contributed by atoms with Crippen molar-refractivity contribution in [2.45, 2.75) is 27.3 Å². The van der Waals surface area contributed by atoms with Crippen LogP contribution in [0.15, 0.2) is 24.3 Å². The Balaban J connectivity index is 2.62. The molecule has 0 unspecified atom stereocenters. The van der Waals surface area contributed by atoms with E-state index in [1.54, 1.807) is 0 Å². The largest absolute Gasteiger partial charge is 0.494 e. The van der Waals surface area contributed by atoms with E-state index in [0.29, 0.717) is 13.2 Å².